The quantitative estimate of drug-likeness (QED) is 0.794. The van der Waals surface area contributed by atoms with Gasteiger partial charge in [-0.15, -0.1) is 0 Å². The van der Waals surface area contributed by atoms with E-state index in [1.807, 2.05) is 31.7 Å². The van der Waals surface area contributed by atoms with Crippen molar-refractivity contribution in [1.29, 1.82) is 5.26 Å². The lowest BCUT2D eigenvalue weighted by atomic mass is 9.85. The number of hydrogen-bond acceptors (Lipinski definition) is 4. The topological polar surface area (TPSA) is 82.8 Å². The number of nitrogens with zero attached hydrogens (tertiary/aromatic N) is 3. The monoisotopic (exact) mass is 331 g/mol. The molecule has 2 unspecified atom stereocenters. The van der Waals surface area contributed by atoms with Gasteiger partial charge in [0.05, 0.1) is 11.7 Å². The van der Waals surface area contributed by atoms with E-state index in [9.17, 15) is 9.59 Å². The Kier molecular flexibility index (Phi) is 5.24. The molecule has 0 aromatic carbocycles. The normalized spacial score (nSPS) is 26.9. The average Bonchev–Trinajstić information content (AvgIpc) is 2.44. The maximum Gasteiger partial charge on any atom is 0.287 e. The molecule has 2 aliphatic rings. The molecule has 2 amide bonds. The van der Waals surface area contributed by atoms with Crippen molar-refractivity contribution >= 4 is 17.5 Å². The van der Waals surface area contributed by atoms with Crippen LogP contribution in [0.25, 0.3) is 0 Å². The van der Waals surface area contributed by atoms with Crippen molar-refractivity contribution in [3.63, 3.8) is 0 Å². The molecule has 0 radical (unpaired) electrons. The highest BCUT2D eigenvalue weighted by Gasteiger charge is 2.34. The molecule has 0 bridgehead atoms. The highest BCUT2D eigenvalue weighted by Crippen LogP contribution is 2.28. The van der Waals surface area contributed by atoms with Crippen LogP contribution in [-0.4, -0.2) is 47.2 Å². The third-order valence-corrected chi connectivity index (χ3v) is 4.59. The molecule has 0 aromatic heterocycles. The summed E-state index contributed by atoms with van der Waals surface area (Å²) in [5.74, 6) is -0.513. The summed E-state index contributed by atoms with van der Waals surface area (Å²) in [6, 6.07) is 1.93. The fourth-order valence-electron chi connectivity index (χ4n) is 3.58. The first-order valence-corrected chi connectivity index (χ1v) is 8.30. The Morgan fingerprint density at radius 2 is 2.12 bits per heavy atom. The van der Waals surface area contributed by atoms with E-state index >= 15 is 0 Å². The Bertz CT molecular complexity index is 655. The molecular formula is C18H25N3O3. The summed E-state index contributed by atoms with van der Waals surface area (Å²) in [6.07, 6.45) is 0.940. The van der Waals surface area contributed by atoms with Crippen molar-refractivity contribution < 1.29 is 14.3 Å². The molecule has 1 fully saturated rings. The third-order valence-electron chi connectivity index (χ3n) is 4.59. The zero-order valence-electron chi connectivity index (χ0n) is 15.0. The number of carbonyl (C=O) groups excluding carboxylic acids is 2. The first kappa shape index (κ1) is 18.3. The minimum atomic E-state index is -0.473. The van der Waals surface area contributed by atoms with Crippen LogP contribution in [-0.2, 0) is 14.3 Å². The van der Waals surface area contributed by atoms with Crippen LogP contribution in [0.15, 0.2) is 16.1 Å². The minimum absolute atomic E-state index is 0.0140. The summed E-state index contributed by atoms with van der Waals surface area (Å²) in [4.78, 5) is 30.1. The molecule has 6 heteroatoms. The van der Waals surface area contributed by atoms with Crippen LogP contribution in [0.1, 0.15) is 47.5 Å². The van der Waals surface area contributed by atoms with Crippen molar-refractivity contribution in [3.05, 3.63) is 11.1 Å². The third kappa shape index (κ3) is 3.90. The predicted octanol–water partition coefficient (Wildman–Crippen LogP) is 2.25. The van der Waals surface area contributed by atoms with Gasteiger partial charge in [0.2, 0.25) is 5.91 Å². The summed E-state index contributed by atoms with van der Waals surface area (Å²) in [5.41, 5.74) is 1.17. The number of amides is 2. The number of hydrogen-bond donors (Lipinski definition) is 0. The van der Waals surface area contributed by atoms with Gasteiger partial charge in [-0.3, -0.25) is 9.59 Å². The van der Waals surface area contributed by atoms with Gasteiger partial charge in [0.15, 0.2) is 0 Å². The van der Waals surface area contributed by atoms with Gasteiger partial charge < -0.3 is 9.64 Å². The molecule has 0 saturated carbocycles. The zero-order valence-corrected chi connectivity index (χ0v) is 15.0. The Balaban J connectivity index is 2.04. The lowest BCUT2D eigenvalue weighted by molar-refractivity contribution is -0.158. The molecule has 0 aromatic rings. The molecule has 6 nitrogen and oxygen atoms in total. The number of dihydropyridines is 1. The summed E-state index contributed by atoms with van der Waals surface area (Å²) in [7, 11) is 0. The number of morpholine rings is 1. The van der Waals surface area contributed by atoms with Crippen molar-refractivity contribution in [3.8, 4) is 6.07 Å². The van der Waals surface area contributed by atoms with E-state index in [-0.39, 0.29) is 29.1 Å². The summed E-state index contributed by atoms with van der Waals surface area (Å²) in [5, 5.41) is 9.12. The highest BCUT2D eigenvalue weighted by atomic mass is 16.5. The second-order valence-corrected chi connectivity index (χ2v) is 7.28. The molecule has 2 rings (SSSR count). The minimum Gasteiger partial charge on any atom is -0.369 e. The van der Waals surface area contributed by atoms with Gasteiger partial charge in [-0.2, -0.15) is 5.26 Å². The smallest absolute Gasteiger partial charge is 0.287 e. The van der Waals surface area contributed by atoms with Gasteiger partial charge in [0.25, 0.3) is 5.91 Å². The molecule has 0 N–H and O–H groups in total. The highest BCUT2D eigenvalue weighted by molar-refractivity contribution is 6.10. The Labute approximate surface area is 143 Å². The molecule has 2 atom stereocenters. The molecule has 2 aliphatic heterocycles. The molecule has 0 aliphatic carbocycles. The summed E-state index contributed by atoms with van der Waals surface area (Å²) < 4.78 is 5.83. The summed E-state index contributed by atoms with van der Waals surface area (Å²) in [6.45, 7) is 10.7. The van der Waals surface area contributed by atoms with Gasteiger partial charge in [0, 0.05) is 31.1 Å². The predicted molar refractivity (Wildman–Crippen MR) is 90.4 cm³/mol. The number of ether oxygens (including phenoxy) is 1. The van der Waals surface area contributed by atoms with Crippen LogP contribution in [0.2, 0.25) is 0 Å². The number of rotatable bonds is 3. The molecule has 0 spiro atoms. The number of aliphatic imine (C=N–C) groups is 1. The van der Waals surface area contributed by atoms with Crippen molar-refractivity contribution in [2.24, 2.45) is 10.9 Å². The van der Waals surface area contributed by atoms with Gasteiger partial charge in [-0.05, 0) is 46.6 Å². The molecule has 2 heterocycles. The van der Waals surface area contributed by atoms with E-state index in [1.165, 1.54) is 0 Å². The Hall–Kier alpha value is -2.00. The zero-order chi connectivity index (χ0) is 18.1. The van der Waals surface area contributed by atoms with Crippen LogP contribution in [0.4, 0.5) is 0 Å². The van der Waals surface area contributed by atoms with E-state index in [0.717, 1.165) is 5.57 Å². The number of carbonyl (C=O) groups is 2. The van der Waals surface area contributed by atoms with Gasteiger partial charge in [-0.25, -0.2) is 4.99 Å². The molecule has 130 valence electrons. The van der Waals surface area contributed by atoms with Crippen molar-refractivity contribution in [2.45, 2.75) is 59.2 Å². The van der Waals surface area contributed by atoms with Crippen LogP contribution < -0.4 is 0 Å². The van der Waals surface area contributed by atoms with Crippen LogP contribution in [0.3, 0.4) is 0 Å². The van der Waals surface area contributed by atoms with E-state index < -0.39 is 5.91 Å². The molecular weight excluding hydrogens is 306 g/mol. The SMILES string of the molecule is CC1=NC(=O)C(C#N)=C(C)C1CCC(=O)N1CC(C)OC(C)(C)C1. The van der Waals surface area contributed by atoms with Crippen molar-refractivity contribution in [1.82, 2.24) is 4.90 Å². The lowest BCUT2D eigenvalue weighted by Gasteiger charge is -2.42. The standard InChI is InChI=1S/C18H25N3O3/c1-11-9-21(10-18(4,5)24-11)16(22)7-6-14-12(2)15(8-19)17(23)20-13(14)3/h11,14H,6-7,9-10H2,1-5H3. The van der Waals surface area contributed by atoms with Crippen LogP contribution >= 0.6 is 0 Å². The number of allylic oxidation sites excluding steroid dienone is 1. The van der Waals surface area contributed by atoms with E-state index in [0.29, 0.717) is 31.6 Å². The second-order valence-electron chi connectivity index (χ2n) is 7.28. The fraction of sp³-hybridized carbons (Fsp3) is 0.667. The Morgan fingerprint density at radius 1 is 1.46 bits per heavy atom. The van der Waals surface area contributed by atoms with Crippen LogP contribution in [0, 0.1) is 17.2 Å². The number of nitriles is 1. The first-order valence-electron chi connectivity index (χ1n) is 8.30. The van der Waals surface area contributed by atoms with Gasteiger partial charge in [-0.1, -0.05) is 0 Å². The lowest BCUT2D eigenvalue weighted by Crippen LogP contribution is -2.53. The van der Waals surface area contributed by atoms with E-state index in [1.54, 1.807) is 13.8 Å². The van der Waals surface area contributed by atoms with Gasteiger partial charge >= 0.3 is 0 Å². The van der Waals surface area contributed by atoms with Gasteiger partial charge in [0.1, 0.15) is 11.6 Å². The second kappa shape index (κ2) is 6.86. The fourth-order valence-corrected chi connectivity index (χ4v) is 3.58. The maximum atomic E-state index is 12.6. The molecule has 1 saturated heterocycles. The summed E-state index contributed by atoms with van der Waals surface area (Å²) >= 11 is 0. The first-order chi connectivity index (χ1) is 11.1. The van der Waals surface area contributed by atoms with Crippen LogP contribution in [0.5, 0.6) is 0 Å². The maximum absolute atomic E-state index is 12.6. The van der Waals surface area contributed by atoms with E-state index in [4.69, 9.17) is 10.00 Å². The van der Waals surface area contributed by atoms with E-state index in [2.05, 4.69) is 4.99 Å². The largest absolute Gasteiger partial charge is 0.369 e. The average molecular weight is 331 g/mol. The van der Waals surface area contributed by atoms with Crippen molar-refractivity contribution in [2.75, 3.05) is 13.1 Å². The molecule has 24 heavy (non-hydrogen) atoms. The Morgan fingerprint density at radius 3 is 2.71 bits per heavy atom.